The van der Waals surface area contributed by atoms with E-state index in [1.807, 2.05) is 0 Å². The van der Waals surface area contributed by atoms with Gasteiger partial charge in [-0.05, 0) is 19.3 Å². The summed E-state index contributed by atoms with van der Waals surface area (Å²) in [5, 5.41) is 8.24. The Balaban J connectivity index is 4.66. The molecule has 2 atom stereocenters. The Bertz CT molecular complexity index is 339. The molecule has 0 radical (unpaired) electrons. The minimum absolute atomic E-state index is 0.308. The molecule has 0 heterocycles. The van der Waals surface area contributed by atoms with E-state index in [9.17, 15) is 13.2 Å². The highest BCUT2D eigenvalue weighted by molar-refractivity contribution is 7.90. The van der Waals surface area contributed by atoms with Gasteiger partial charge in [0.2, 0.25) is 10.0 Å². The fourth-order valence-corrected chi connectivity index (χ4v) is 2.57. The second-order valence-corrected chi connectivity index (χ2v) is 6.45. The Morgan fingerprint density at radius 3 is 2.24 bits per heavy atom. The Kier molecular flexibility index (Phi) is 6.66. The summed E-state index contributed by atoms with van der Waals surface area (Å²) in [4.78, 5) is 10.9. The molecule has 0 aliphatic heterocycles. The number of hydrogen-bond acceptors (Lipinski definition) is 4. The van der Waals surface area contributed by atoms with Crippen molar-refractivity contribution >= 4 is 16.0 Å². The molecule has 0 aliphatic rings. The summed E-state index contributed by atoms with van der Waals surface area (Å²) in [6.45, 7) is 5.16. The van der Waals surface area contributed by atoms with E-state index >= 15 is 0 Å². The maximum absolute atomic E-state index is 11.8. The quantitative estimate of drug-likeness (QED) is 0.665. The molecule has 0 bridgehead atoms. The van der Waals surface area contributed by atoms with Crippen LogP contribution in [0.1, 0.15) is 27.2 Å². The minimum atomic E-state index is -3.63. The number of carboxylic acids is 1. The summed E-state index contributed by atoms with van der Waals surface area (Å²) < 4.78 is 30.7. The molecular formula is C10H21NO5S. The van der Waals surface area contributed by atoms with Crippen molar-refractivity contribution < 1.29 is 23.1 Å². The second kappa shape index (κ2) is 6.93. The Labute approximate surface area is 102 Å². The van der Waals surface area contributed by atoms with Gasteiger partial charge in [-0.2, -0.15) is 0 Å². The van der Waals surface area contributed by atoms with Crippen LogP contribution in [0.2, 0.25) is 0 Å². The fourth-order valence-electron chi connectivity index (χ4n) is 1.20. The number of carbonyl (C=O) groups is 1. The number of aliphatic carboxylic acids is 1. The number of sulfonamides is 1. The van der Waals surface area contributed by atoms with Crippen LogP contribution in [0.3, 0.4) is 0 Å². The lowest BCUT2D eigenvalue weighted by molar-refractivity contribution is -0.140. The fraction of sp³-hybridized carbons (Fsp3) is 0.900. The molecule has 2 N–H and O–H groups in total. The Morgan fingerprint density at radius 1 is 1.35 bits per heavy atom. The molecular weight excluding hydrogens is 246 g/mol. The predicted octanol–water partition coefficient (Wildman–Crippen LogP) is 0.440. The number of carboxylic acid groups (broad SMARTS) is 1. The molecule has 0 rings (SSSR count). The van der Waals surface area contributed by atoms with E-state index < -0.39 is 27.3 Å². The van der Waals surface area contributed by atoms with Gasteiger partial charge in [0.15, 0.2) is 0 Å². The highest BCUT2D eigenvalue weighted by Gasteiger charge is 2.30. The van der Waals surface area contributed by atoms with Crippen molar-refractivity contribution in [2.45, 2.75) is 38.5 Å². The van der Waals surface area contributed by atoms with Gasteiger partial charge in [-0.25, -0.2) is 13.1 Å². The molecule has 0 fully saturated rings. The van der Waals surface area contributed by atoms with E-state index in [0.717, 1.165) is 0 Å². The summed E-state index contributed by atoms with van der Waals surface area (Å²) in [5.41, 5.74) is 0. The molecule has 0 aromatic rings. The zero-order valence-corrected chi connectivity index (χ0v) is 11.5. The predicted molar refractivity (Wildman–Crippen MR) is 64.3 cm³/mol. The van der Waals surface area contributed by atoms with Crippen LogP contribution in [-0.2, 0) is 19.6 Å². The molecule has 7 heteroatoms. The average Bonchev–Trinajstić information content (AvgIpc) is 2.21. The second-order valence-electron chi connectivity index (χ2n) is 4.31. The van der Waals surface area contributed by atoms with Gasteiger partial charge < -0.3 is 9.84 Å². The molecule has 0 spiro atoms. The average molecular weight is 267 g/mol. The molecule has 0 aromatic heterocycles. The van der Waals surface area contributed by atoms with Gasteiger partial charge in [-0.3, -0.25) is 4.79 Å². The molecule has 0 aliphatic carbocycles. The van der Waals surface area contributed by atoms with Crippen LogP contribution in [0.5, 0.6) is 0 Å². The standard InChI is InChI=1S/C10H21NO5S/c1-7(2)9(10(12)13)11-17(14,15)8(3)5-6-16-4/h7-9,11H,5-6H2,1-4H3,(H,12,13)/t8?,9-/m1/s1. The van der Waals surface area contributed by atoms with Gasteiger partial charge in [0.1, 0.15) is 6.04 Å². The first-order chi connectivity index (χ1) is 7.72. The van der Waals surface area contributed by atoms with E-state index in [0.29, 0.717) is 13.0 Å². The number of nitrogens with one attached hydrogen (secondary N) is 1. The normalized spacial score (nSPS) is 15.8. The number of ether oxygens (including phenoxy) is 1. The summed E-state index contributed by atoms with van der Waals surface area (Å²) in [5.74, 6) is -1.47. The molecule has 6 nitrogen and oxygen atoms in total. The third-order valence-corrected chi connectivity index (χ3v) is 4.36. The zero-order chi connectivity index (χ0) is 13.6. The molecule has 0 amide bonds. The van der Waals surface area contributed by atoms with E-state index in [-0.39, 0.29) is 5.92 Å². The van der Waals surface area contributed by atoms with Crippen LogP contribution in [0.15, 0.2) is 0 Å². The minimum Gasteiger partial charge on any atom is -0.480 e. The van der Waals surface area contributed by atoms with Crippen LogP contribution >= 0.6 is 0 Å². The van der Waals surface area contributed by atoms with Gasteiger partial charge >= 0.3 is 5.97 Å². The van der Waals surface area contributed by atoms with Crippen LogP contribution in [0, 0.1) is 5.92 Å². The first kappa shape index (κ1) is 16.3. The van der Waals surface area contributed by atoms with E-state index in [2.05, 4.69) is 4.72 Å². The first-order valence-corrected chi connectivity index (χ1v) is 7.00. The van der Waals surface area contributed by atoms with E-state index in [1.165, 1.54) is 14.0 Å². The van der Waals surface area contributed by atoms with Gasteiger partial charge in [0.05, 0.1) is 5.25 Å². The molecule has 1 unspecified atom stereocenters. The van der Waals surface area contributed by atoms with Crippen molar-refractivity contribution in [1.29, 1.82) is 0 Å². The summed E-state index contributed by atoms with van der Waals surface area (Å²) in [6, 6.07) is -1.09. The van der Waals surface area contributed by atoms with Crippen molar-refractivity contribution in [2.24, 2.45) is 5.92 Å². The zero-order valence-electron chi connectivity index (χ0n) is 10.6. The van der Waals surface area contributed by atoms with Crippen molar-refractivity contribution in [3.63, 3.8) is 0 Å². The Morgan fingerprint density at radius 2 is 1.88 bits per heavy atom. The monoisotopic (exact) mass is 267 g/mol. The lowest BCUT2D eigenvalue weighted by Gasteiger charge is -2.20. The largest absolute Gasteiger partial charge is 0.480 e. The number of methoxy groups -OCH3 is 1. The van der Waals surface area contributed by atoms with Crippen LogP contribution < -0.4 is 4.72 Å². The highest BCUT2D eigenvalue weighted by atomic mass is 32.2. The molecule has 0 aromatic carbocycles. The lowest BCUT2D eigenvalue weighted by atomic mass is 10.1. The molecule has 102 valence electrons. The maximum Gasteiger partial charge on any atom is 0.321 e. The van der Waals surface area contributed by atoms with Gasteiger partial charge in [-0.15, -0.1) is 0 Å². The topological polar surface area (TPSA) is 92.7 Å². The van der Waals surface area contributed by atoms with Crippen LogP contribution in [0.4, 0.5) is 0 Å². The van der Waals surface area contributed by atoms with Crippen molar-refractivity contribution in [1.82, 2.24) is 4.72 Å². The third-order valence-electron chi connectivity index (χ3n) is 2.48. The van der Waals surface area contributed by atoms with E-state index in [4.69, 9.17) is 9.84 Å². The number of hydrogen-bond donors (Lipinski definition) is 2. The first-order valence-electron chi connectivity index (χ1n) is 5.45. The number of rotatable bonds is 8. The van der Waals surface area contributed by atoms with Crippen LogP contribution in [0.25, 0.3) is 0 Å². The third kappa shape index (κ3) is 5.47. The highest BCUT2D eigenvalue weighted by Crippen LogP contribution is 2.09. The van der Waals surface area contributed by atoms with Gasteiger partial charge in [0, 0.05) is 13.7 Å². The smallest absolute Gasteiger partial charge is 0.321 e. The summed E-state index contributed by atoms with van der Waals surface area (Å²) >= 11 is 0. The van der Waals surface area contributed by atoms with Gasteiger partial charge in [-0.1, -0.05) is 13.8 Å². The van der Waals surface area contributed by atoms with Crippen molar-refractivity contribution in [3.05, 3.63) is 0 Å². The van der Waals surface area contributed by atoms with E-state index in [1.54, 1.807) is 13.8 Å². The Hall–Kier alpha value is -0.660. The van der Waals surface area contributed by atoms with Crippen molar-refractivity contribution in [3.8, 4) is 0 Å². The molecule has 0 saturated heterocycles. The maximum atomic E-state index is 11.8. The van der Waals surface area contributed by atoms with Crippen molar-refractivity contribution in [2.75, 3.05) is 13.7 Å². The molecule has 0 saturated carbocycles. The molecule has 17 heavy (non-hydrogen) atoms. The SMILES string of the molecule is COCCC(C)S(=O)(=O)N[C@@H](C(=O)O)C(C)C. The summed E-state index contributed by atoms with van der Waals surface area (Å²) in [7, 11) is -2.15. The van der Waals surface area contributed by atoms with Crippen LogP contribution in [-0.4, -0.2) is 44.5 Å². The lowest BCUT2D eigenvalue weighted by Crippen LogP contribution is -2.47. The van der Waals surface area contributed by atoms with Gasteiger partial charge in [0.25, 0.3) is 0 Å². The summed E-state index contributed by atoms with van der Waals surface area (Å²) in [6.07, 6.45) is 0.330.